The summed E-state index contributed by atoms with van der Waals surface area (Å²) in [6.07, 6.45) is 6.73. The molecule has 2 rings (SSSR count). The first-order valence-electron chi connectivity index (χ1n) is 7.03. The summed E-state index contributed by atoms with van der Waals surface area (Å²) in [5, 5.41) is 5.52. The lowest BCUT2D eigenvalue weighted by molar-refractivity contribution is -0.121. The van der Waals surface area contributed by atoms with Crippen LogP contribution in [0.1, 0.15) is 12.8 Å². The van der Waals surface area contributed by atoms with E-state index in [9.17, 15) is 9.59 Å². The number of anilines is 1. The van der Waals surface area contributed by atoms with Gasteiger partial charge in [-0.05, 0) is 25.0 Å². The van der Waals surface area contributed by atoms with Gasteiger partial charge < -0.3 is 15.5 Å². The van der Waals surface area contributed by atoms with Gasteiger partial charge in [0.05, 0.1) is 12.5 Å². The van der Waals surface area contributed by atoms with Crippen molar-refractivity contribution in [3.8, 4) is 12.3 Å². The standard InChI is InChI=1S/C16H19N3O2/c1-2-10-17-16(21)19-11-6-7-13(12-19)15(20)18-14-8-4-3-5-9-14/h1,3-5,8-9,13H,6-7,10-12H2,(H,17,21)(H,18,20)/t13-/m1/s1. The van der Waals surface area contributed by atoms with Gasteiger partial charge in [0, 0.05) is 18.8 Å². The van der Waals surface area contributed by atoms with Gasteiger partial charge in [0.25, 0.3) is 0 Å². The number of piperidine rings is 1. The minimum Gasteiger partial charge on any atom is -0.327 e. The van der Waals surface area contributed by atoms with Crippen LogP contribution in [0, 0.1) is 18.3 Å². The Hall–Kier alpha value is -2.48. The van der Waals surface area contributed by atoms with Gasteiger partial charge in [0.15, 0.2) is 0 Å². The second-order valence-electron chi connectivity index (χ2n) is 5.00. The van der Waals surface area contributed by atoms with E-state index in [2.05, 4.69) is 16.6 Å². The molecule has 1 saturated heterocycles. The van der Waals surface area contributed by atoms with E-state index in [0.717, 1.165) is 18.5 Å². The summed E-state index contributed by atoms with van der Waals surface area (Å²) >= 11 is 0. The van der Waals surface area contributed by atoms with Crippen LogP contribution < -0.4 is 10.6 Å². The van der Waals surface area contributed by atoms with E-state index in [1.807, 2.05) is 30.3 Å². The number of likely N-dealkylation sites (tertiary alicyclic amines) is 1. The third-order valence-corrected chi connectivity index (χ3v) is 3.46. The van der Waals surface area contributed by atoms with E-state index in [0.29, 0.717) is 13.1 Å². The summed E-state index contributed by atoms with van der Waals surface area (Å²) in [7, 11) is 0. The number of hydrogen-bond acceptors (Lipinski definition) is 2. The number of benzene rings is 1. The molecule has 1 aliphatic rings. The zero-order valence-electron chi connectivity index (χ0n) is 11.8. The molecule has 2 N–H and O–H groups in total. The first-order valence-corrected chi connectivity index (χ1v) is 7.03. The molecule has 0 saturated carbocycles. The molecule has 21 heavy (non-hydrogen) atoms. The third-order valence-electron chi connectivity index (χ3n) is 3.46. The maximum absolute atomic E-state index is 12.2. The Morgan fingerprint density at radius 1 is 1.33 bits per heavy atom. The molecule has 0 aliphatic carbocycles. The molecular weight excluding hydrogens is 266 g/mol. The van der Waals surface area contributed by atoms with Crippen molar-refractivity contribution >= 4 is 17.6 Å². The van der Waals surface area contributed by atoms with Crippen LogP contribution in [-0.4, -0.2) is 36.5 Å². The van der Waals surface area contributed by atoms with Crippen LogP contribution in [0.2, 0.25) is 0 Å². The number of nitrogens with one attached hydrogen (secondary N) is 2. The maximum atomic E-state index is 12.2. The lowest BCUT2D eigenvalue weighted by atomic mass is 9.97. The van der Waals surface area contributed by atoms with Crippen LogP contribution in [0.4, 0.5) is 10.5 Å². The van der Waals surface area contributed by atoms with Crippen molar-refractivity contribution in [2.75, 3.05) is 25.0 Å². The summed E-state index contributed by atoms with van der Waals surface area (Å²) in [4.78, 5) is 25.8. The molecule has 1 aromatic rings. The monoisotopic (exact) mass is 285 g/mol. The molecule has 5 heteroatoms. The molecular formula is C16H19N3O2. The van der Waals surface area contributed by atoms with E-state index in [1.54, 1.807) is 4.90 Å². The molecule has 110 valence electrons. The Bertz CT molecular complexity index is 536. The van der Waals surface area contributed by atoms with Crippen molar-refractivity contribution in [2.24, 2.45) is 5.92 Å². The van der Waals surface area contributed by atoms with Gasteiger partial charge in [-0.2, -0.15) is 0 Å². The van der Waals surface area contributed by atoms with E-state index in [1.165, 1.54) is 0 Å². The smallest absolute Gasteiger partial charge is 0.318 e. The summed E-state index contributed by atoms with van der Waals surface area (Å²) < 4.78 is 0. The van der Waals surface area contributed by atoms with Gasteiger partial charge in [0.2, 0.25) is 5.91 Å². The number of rotatable bonds is 3. The molecule has 1 heterocycles. The van der Waals surface area contributed by atoms with Gasteiger partial charge in [-0.1, -0.05) is 24.1 Å². The van der Waals surface area contributed by atoms with Crippen LogP contribution in [0.15, 0.2) is 30.3 Å². The molecule has 0 aromatic heterocycles. The van der Waals surface area contributed by atoms with Crippen LogP contribution in [0.3, 0.4) is 0 Å². The van der Waals surface area contributed by atoms with E-state index in [-0.39, 0.29) is 24.4 Å². The fourth-order valence-electron chi connectivity index (χ4n) is 2.38. The lowest BCUT2D eigenvalue weighted by Gasteiger charge is -2.31. The van der Waals surface area contributed by atoms with Crippen LogP contribution in [0.5, 0.6) is 0 Å². The summed E-state index contributed by atoms with van der Waals surface area (Å²) in [5.41, 5.74) is 0.774. The number of para-hydroxylation sites is 1. The topological polar surface area (TPSA) is 61.4 Å². The average Bonchev–Trinajstić information content (AvgIpc) is 2.53. The SMILES string of the molecule is C#CCNC(=O)N1CCC[C@@H](C(=O)Nc2ccccc2)C1. The van der Waals surface area contributed by atoms with Gasteiger partial charge in [-0.25, -0.2) is 4.79 Å². The molecule has 1 aromatic carbocycles. The largest absolute Gasteiger partial charge is 0.327 e. The minimum absolute atomic E-state index is 0.0457. The highest BCUT2D eigenvalue weighted by Crippen LogP contribution is 2.18. The number of nitrogens with zero attached hydrogens (tertiary/aromatic N) is 1. The van der Waals surface area contributed by atoms with Crippen molar-refractivity contribution in [3.05, 3.63) is 30.3 Å². The van der Waals surface area contributed by atoms with Gasteiger partial charge in [-0.15, -0.1) is 6.42 Å². The Morgan fingerprint density at radius 3 is 2.81 bits per heavy atom. The average molecular weight is 285 g/mol. The van der Waals surface area contributed by atoms with Crippen molar-refractivity contribution in [1.29, 1.82) is 0 Å². The normalized spacial score (nSPS) is 17.7. The quantitative estimate of drug-likeness (QED) is 0.830. The first kappa shape index (κ1) is 14.9. The molecule has 5 nitrogen and oxygen atoms in total. The molecule has 3 amide bonds. The molecule has 0 bridgehead atoms. The van der Waals surface area contributed by atoms with Crippen LogP contribution in [0.25, 0.3) is 0 Å². The summed E-state index contributed by atoms with van der Waals surface area (Å²) in [6, 6.07) is 9.13. The zero-order chi connectivity index (χ0) is 15.1. The molecule has 1 atom stereocenters. The van der Waals surface area contributed by atoms with Crippen molar-refractivity contribution in [3.63, 3.8) is 0 Å². The Morgan fingerprint density at radius 2 is 2.10 bits per heavy atom. The fourth-order valence-corrected chi connectivity index (χ4v) is 2.38. The molecule has 0 radical (unpaired) electrons. The Labute approximate surface area is 124 Å². The fraction of sp³-hybridized carbons (Fsp3) is 0.375. The third kappa shape index (κ3) is 4.25. The predicted molar refractivity (Wildman–Crippen MR) is 81.6 cm³/mol. The highest BCUT2D eigenvalue weighted by atomic mass is 16.2. The maximum Gasteiger partial charge on any atom is 0.318 e. The first-order chi connectivity index (χ1) is 10.2. The highest BCUT2D eigenvalue weighted by molar-refractivity contribution is 5.93. The minimum atomic E-state index is -0.204. The second kappa shape index (κ2) is 7.34. The number of urea groups is 1. The van der Waals surface area contributed by atoms with Gasteiger partial charge in [0.1, 0.15) is 0 Å². The molecule has 0 spiro atoms. The number of carbonyl (C=O) groups is 2. The highest BCUT2D eigenvalue weighted by Gasteiger charge is 2.28. The number of amides is 3. The zero-order valence-corrected chi connectivity index (χ0v) is 11.8. The summed E-state index contributed by atoms with van der Waals surface area (Å²) in [5.74, 6) is 2.14. The van der Waals surface area contributed by atoms with E-state index in [4.69, 9.17) is 6.42 Å². The van der Waals surface area contributed by atoms with Crippen LogP contribution in [-0.2, 0) is 4.79 Å². The van der Waals surface area contributed by atoms with E-state index < -0.39 is 0 Å². The summed E-state index contributed by atoms with van der Waals surface area (Å²) in [6.45, 7) is 1.29. The van der Waals surface area contributed by atoms with E-state index >= 15 is 0 Å². The second-order valence-corrected chi connectivity index (χ2v) is 5.00. The lowest BCUT2D eigenvalue weighted by Crippen LogP contribution is -2.48. The molecule has 0 unspecified atom stereocenters. The van der Waals surface area contributed by atoms with Crippen molar-refractivity contribution in [1.82, 2.24) is 10.2 Å². The molecule has 1 aliphatic heterocycles. The molecule has 1 fully saturated rings. The van der Waals surface area contributed by atoms with Gasteiger partial charge in [-0.3, -0.25) is 4.79 Å². The number of carbonyl (C=O) groups excluding carboxylic acids is 2. The number of terminal acetylenes is 1. The van der Waals surface area contributed by atoms with Gasteiger partial charge >= 0.3 is 6.03 Å². The Balaban J connectivity index is 1.90. The van der Waals surface area contributed by atoms with Crippen molar-refractivity contribution < 1.29 is 9.59 Å². The van der Waals surface area contributed by atoms with Crippen LogP contribution >= 0.6 is 0 Å². The van der Waals surface area contributed by atoms with Crippen molar-refractivity contribution in [2.45, 2.75) is 12.8 Å². The Kier molecular flexibility index (Phi) is 5.22. The predicted octanol–water partition coefficient (Wildman–Crippen LogP) is 1.68. The number of hydrogen-bond donors (Lipinski definition) is 2.